The van der Waals surface area contributed by atoms with Gasteiger partial charge < -0.3 is 14.8 Å². The molecule has 1 amide bonds. The smallest absolute Gasteiger partial charge is 0.263 e. The molecular weight excluding hydrogens is 422 g/mol. The molecule has 0 atom stereocenters. The van der Waals surface area contributed by atoms with Crippen molar-refractivity contribution in [3.05, 3.63) is 70.8 Å². The SMILES string of the molecule is COc1ccc(CNC(=O)C(C)(C)Oc2nn(-c3ccccc3)cc2Br)cc1. The zero-order valence-corrected chi connectivity index (χ0v) is 17.6. The van der Waals surface area contributed by atoms with Crippen LogP contribution < -0.4 is 14.8 Å². The highest BCUT2D eigenvalue weighted by Gasteiger charge is 2.31. The zero-order valence-electron chi connectivity index (χ0n) is 16.0. The van der Waals surface area contributed by atoms with Crippen molar-refractivity contribution in [3.63, 3.8) is 0 Å². The van der Waals surface area contributed by atoms with E-state index in [0.717, 1.165) is 17.0 Å². The fraction of sp³-hybridized carbons (Fsp3) is 0.238. The first-order chi connectivity index (χ1) is 13.4. The van der Waals surface area contributed by atoms with Crippen LogP contribution >= 0.6 is 15.9 Å². The van der Waals surface area contributed by atoms with Gasteiger partial charge in [-0.3, -0.25) is 4.79 Å². The molecule has 0 saturated heterocycles. The van der Waals surface area contributed by atoms with Crippen molar-refractivity contribution in [2.24, 2.45) is 0 Å². The lowest BCUT2D eigenvalue weighted by Crippen LogP contribution is -2.46. The maximum absolute atomic E-state index is 12.6. The third-order valence-electron chi connectivity index (χ3n) is 4.17. The zero-order chi connectivity index (χ0) is 20.1. The normalized spacial score (nSPS) is 11.1. The van der Waals surface area contributed by atoms with Crippen molar-refractivity contribution in [2.75, 3.05) is 7.11 Å². The molecule has 1 heterocycles. The summed E-state index contributed by atoms with van der Waals surface area (Å²) in [6, 6.07) is 17.2. The molecule has 0 radical (unpaired) electrons. The monoisotopic (exact) mass is 443 g/mol. The van der Waals surface area contributed by atoms with Crippen LogP contribution in [0.1, 0.15) is 19.4 Å². The number of carbonyl (C=O) groups excluding carboxylic acids is 1. The van der Waals surface area contributed by atoms with E-state index in [1.165, 1.54) is 0 Å². The lowest BCUT2D eigenvalue weighted by Gasteiger charge is -2.24. The number of benzene rings is 2. The summed E-state index contributed by atoms with van der Waals surface area (Å²) in [5.41, 5.74) is 0.782. The number of rotatable bonds is 7. The number of nitrogens with one attached hydrogen (secondary N) is 1. The summed E-state index contributed by atoms with van der Waals surface area (Å²) in [7, 11) is 1.62. The van der Waals surface area contributed by atoms with Crippen LogP contribution in [-0.4, -0.2) is 28.4 Å². The number of ether oxygens (including phenoxy) is 2. The number of hydrogen-bond acceptors (Lipinski definition) is 4. The van der Waals surface area contributed by atoms with Crippen LogP contribution in [0, 0.1) is 0 Å². The van der Waals surface area contributed by atoms with Crippen LogP contribution in [0.2, 0.25) is 0 Å². The van der Waals surface area contributed by atoms with Crippen LogP contribution in [0.25, 0.3) is 5.69 Å². The highest BCUT2D eigenvalue weighted by molar-refractivity contribution is 9.10. The summed E-state index contributed by atoms with van der Waals surface area (Å²) in [5.74, 6) is 0.899. The van der Waals surface area contributed by atoms with Crippen LogP contribution in [0.15, 0.2) is 65.3 Å². The summed E-state index contributed by atoms with van der Waals surface area (Å²) in [6.07, 6.45) is 1.80. The molecule has 0 saturated carbocycles. The minimum Gasteiger partial charge on any atom is -0.497 e. The number of hydrogen-bond donors (Lipinski definition) is 1. The van der Waals surface area contributed by atoms with Gasteiger partial charge in [0.15, 0.2) is 5.60 Å². The van der Waals surface area contributed by atoms with Gasteiger partial charge in [-0.25, -0.2) is 4.68 Å². The Hall–Kier alpha value is -2.80. The molecule has 7 heteroatoms. The first-order valence-corrected chi connectivity index (χ1v) is 9.59. The van der Waals surface area contributed by atoms with Crippen molar-refractivity contribution >= 4 is 21.8 Å². The van der Waals surface area contributed by atoms with Crippen molar-refractivity contribution in [1.82, 2.24) is 15.1 Å². The predicted octanol–water partition coefficient (Wildman–Crippen LogP) is 4.12. The van der Waals surface area contributed by atoms with E-state index in [1.54, 1.807) is 31.8 Å². The van der Waals surface area contributed by atoms with Crippen LogP contribution in [0.5, 0.6) is 11.6 Å². The van der Waals surface area contributed by atoms with Crippen LogP contribution in [-0.2, 0) is 11.3 Å². The molecule has 0 spiro atoms. The Kier molecular flexibility index (Phi) is 6.04. The summed E-state index contributed by atoms with van der Waals surface area (Å²) >= 11 is 3.45. The van der Waals surface area contributed by atoms with Gasteiger partial charge in [0, 0.05) is 12.7 Å². The number of methoxy groups -OCH3 is 1. The van der Waals surface area contributed by atoms with E-state index in [4.69, 9.17) is 9.47 Å². The second-order valence-electron chi connectivity index (χ2n) is 6.71. The average Bonchev–Trinajstić information content (AvgIpc) is 3.07. The fourth-order valence-electron chi connectivity index (χ4n) is 2.55. The molecule has 0 aliphatic rings. The Morgan fingerprint density at radius 3 is 2.46 bits per heavy atom. The molecule has 28 heavy (non-hydrogen) atoms. The van der Waals surface area contributed by atoms with E-state index in [9.17, 15) is 4.79 Å². The van der Waals surface area contributed by atoms with Crippen molar-refractivity contribution in [2.45, 2.75) is 26.0 Å². The van der Waals surface area contributed by atoms with Gasteiger partial charge in [-0.15, -0.1) is 5.10 Å². The van der Waals surface area contributed by atoms with Gasteiger partial charge in [0.1, 0.15) is 5.75 Å². The van der Waals surface area contributed by atoms with Crippen molar-refractivity contribution < 1.29 is 14.3 Å². The molecule has 0 fully saturated rings. The van der Waals surface area contributed by atoms with E-state index >= 15 is 0 Å². The third-order valence-corrected chi connectivity index (χ3v) is 4.71. The van der Waals surface area contributed by atoms with E-state index < -0.39 is 5.60 Å². The molecule has 0 aliphatic heterocycles. The molecule has 146 valence electrons. The predicted molar refractivity (Wildman–Crippen MR) is 111 cm³/mol. The summed E-state index contributed by atoms with van der Waals surface area (Å²) < 4.78 is 13.4. The Morgan fingerprint density at radius 2 is 1.82 bits per heavy atom. The molecule has 0 bridgehead atoms. The van der Waals surface area contributed by atoms with Crippen LogP contribution in [0.3, 0.4) is 0 Å². The molecular formula is C21H22BrN3O3. The number of aromatic nitrogens is 2. The minimum atomic E-state index is -1.09. The lowest BCUT2D eigenvalue weighted by molar-refractivity contribution is -0.134. The first-order valence-electron chi connectivity index (χ1n) is 8.80. The highest BCUT2D eigenvalue weighted by Crippen LogP contribution is 2.28. The standard InChI is InChI=1S/C21H22BrN3O3/c1-21(2,20(26)23-13-15-9-11-17(27-3)12-10-15)28-19-18(22)14-25(24-19)16-7-5-4-6-8-16/h4-12,14H,13H2,1-3H3,(H,23,26). The Bertz CT molecular complexity index is 937. The van der Waals surface area contributed by atoms with Gasteiger partial charge in [-0.05, 0) is 59.6 Å². The topological polar surface area (TPSA) is 65.4 Å². The molecule has 0 aliphatic carbocycles. The molecule has 1 aromatic heterocycles. The highest BCUT2D eigenvalue weighted by atomic mass is 79.9. The molecule has 0 unspecified atom stereocenters. The number of halogens is 1. The Balaban J connectivity index is 1.65. The third kappa shape index (κ3) is 4.72. The van der Waals surface area contributed by atoms with Crippen LogP contribution in [0.4, 0.5) is 0 Å². The van der Waals surface area contributed by atoms with Gasteiger partial charge in [0.2, 0.25) is 5.88 Å². The van der Waals surface area contributed by atoms with Gasteiger partial charge in [-0.2, -0.15) is 0 Å². The van der Waals surface area contributed by atoms with Gasteiger partial charge in [0.25, 0.3) is 5.91 Å². The number of nitrogens with zero attached hydrogens (tertiary/aromatic N) is 2. The number of amides is 1. The van der Waals surface area contributed by atoms with E-state index in [1.807, 2.05) is 54.6 Å². The summed E-state index contributed by atoms with van der Waals surface area (Å²) in [5, 5.41) is 7.34. The van der Waals surface area contributed by atoms with Gasteiger partial charge >= 0.3 is 0 Å². The summed E-state index contributed by atoms with van der Waals surface area (Å²) in [4.78, 5) is 12.6. The number of carbonyl (C=O) groups is 1. The molecule has 1 N–H and O–H groups in total. The second kappa shape index (κ2) is 8.48. The Morgan fingerprint density at radius 1 is 1.14 bits per heavy atom. The van der Waals surface area contributed by atoms with E-state index in [2.05, 4.69) is 26.3 Å². The average molecular weight is 444 g/mol. The minimum absolute atomic E-state index is 0.232. The van der Waals surface area contributed by atoms with Crippen molar-refractivity contribution in [3.8, 4) is 17.3 Å². The molecule has 6 nitrogen and oxygen atoms in total. The quantitative estimate of drug-likeness (QED) is 0.596. The van der Waals surface area contributed by atoms with E-state index in [-0.39, 0.29) is 5.91 Å². The Labute approximate surface area is 172 Å². The maximum Gasteiger partial charge on any atom is 0.263 e. The lowest BCUT2D eigenvalue weighted by atomic mass is 10.1. The second-order valence-corrected chi connectivity index (χ2v) is 7.56. The van der Waals surface area contributed by atoms with Crippen molar-refractivity contribution in [1.29, 1.82) is 0 Å². The molecule has 3 rings (SSSR count). The molecule has 2 aromatic carbocycles. The van der Waals surface area contributed by atoms with E-state index in [0.29, 0.717) is 16.9 Å². The first kappa shape index (κ1) is 19.9. The maximum atomic E-state index is 12.6. The summed E-state index contributed by atoms with van der Waals surface area (Å²) in [6.45, 7) is 3.82. The molecule has 3 aromatic rings. The largest absolute Gasteiger partial charge is 0.497 e. The fourth-order valence-corrected chi connectivity index (χ4v) is 2.90. The number of para-hydroxylation sites is 1. The van der Waals surface area contributed by atoms with Gasteiger partial charge in [0.05, 0.1) is 17.3 Å². The van der Waals surface area contributed by atoms with Gasteiger partial charge in [-0.1, -0.05) is 30.3 Å².